The fourth-order valence-electron chi connectivity index (χ4n) is 4.64. The second-order valence-electron chi connectivity index (χ2n) is 8.97. The molecule has 1 fully saturated rings. The average molecular weight is 357 g/mol. The maximum absolute atomic E-state index is 12.7. The van der Waals surface area contributed by atoms with E-state index in [0.29, 0.717) is 31.2 Å². The third-order valence-corrected chi connectivity index (χ3v) is 5.81. The van der Waals surface area contributed by atoms with E-state index in [2.05, 4.69) is 33.8 Å². The standard InChI is InChI=1S/C22H32N2O2/c1-16-12-17(2)15-23(14-16)20(25)10-7-11-24-19-9-6-5-8-18(19)22(3,4)13-21(24)26/h5-6,8-9,16-17H,7,10-15H2,1-4H3/t16-,17+. The number of rotatable bonds is 4. The van der Waals surface area contributed by atoms with E-state index in [1.165, 1.54) is 12.0 Å². The Morgan fingerprint density at radius 1 is 1.15 bits per heavy atom. The summed E-state index contributed by atoms with van der Waals surface area (Å²) in [4.78, 5) is 29.2. The molecule has 0 radical (unpaired) electrons. The van der Waals surface area contributed by atoms with Gasteiger partial charge in [0.15, 0.2) is 0 Å². The minimum atomic E-state index is -0.125. The predicted octanol–water partition coefficient (Wildman–Crippen LogP) is 3.99. The zero-order valence-electron chi connectivity index (χ0n) is 16.6. The number of amides is 2. The molecule has 2 heterocycles. The van der Waals surface area contributed by atoms with E-state index in [4.69, 9.17) is 0 Å². The number of anilines is 1. The first-order valence-electron chi connectivity index (χ1n) is 9.95. The monoisotopic (exact) mass is 356 g/mol. The van der Waals surface area contributed by atoms with Gasteiger partial charge in [-0.25, -0.2) is 0 Å². The van der Waals surface area contributed by atoms with E-state index in [1.807, 2.05) is 28.0 Å². The van der Waals surface area contributed by atoms with Crippen molar-refractivity contribution < 1.29 is 9.59 Å². The summed E-state index contributed by atoms with van der Waals surface area (Å²) in [6.45, 7) is 11.1. The van der Waals surface area contributed by atoms with E-state index in [9.17, 15) is 9.59 Å². The maximum atomic E-state index is 12.7. The quantitative estimate of drug-likeness (QED) is 0.818. The van der Waals surface area contributed by atoms with Crippen molar-refractivity contribution in [3.8, 4) is 0 Å². The zero-order chi connectivity index (χ0) is 18.9. The number of benzene rings is 1. The Labute approximate surface area is 157 Å². The highest BCUT2D eigenvalue weighted by Gasteiger charge is 2.36. The molecule has 0 saturated carbocycles. The molecule has 1 saturated heterocycles. The van der Waals surface area contributed by atoms with Crippen LogP contribution in [0.5, 0.6) is 0 Å². The van der Waals surface area contributed by atoms with Gasteiger partial charge in [0.1, 0.15) is 0 Å². The van der Waals surface area contributed by atoms with Crippen molar-refractivity contribution in [2.75, 3.05) is 24.5 Å². The van der Waals surface area contributed by atoms with E-state index < -0.39 is 0 Å². The van der Waals surface area contributed by atoms with Gasteiger partial charge in [0, 0.05) is 43.6 Å². The summed E-state index contributed by atoms with van der Waals surface area (Å²) >= 11 is 0. The number of carbonyl (C=O) groups is 2. The Morgan fingerprint density at radius 3 is 2.50 bits per heavy atom. The van der Waals surface area contributed by atoms with Gasteiger partial charge in [-0.1, -0.05) is 45.9 Å². The highest BCUT2D eigenvalue weighted by molar-refractivity contribution is 5.97. The summed E-state index contributed by atoms with van der Waals surface area (Å²) in [5, 5.41) is 0. The lowest BCUT2D eigenvalue weighted by Crippen LogP contribution is -2.44. The fourth-order valence-corrected chi connectivity index (χ4v) is 4.64. The third-order valence-electron chi connectivity index (χ3n) is 5.81. The summed E-state index contributed by atoms with van der Waals surface area (Å²) in [5.74, 6) is 1.57. The number of para-hydroxylation sites is 1. The van der Waals surface area contributed by atoms with E-state index in [-0.39, 0.29) is 17.2 Å². The molecule has 3 rings (SSSR count). The summed E-state index contributed by atoms with van der Waals surface area (Å²) in [7, 11) is 0. The predicted molar refractivity (Wildman–Crippen MR) is 105 cm³/mol. The van der Waals surface area contributed by atoms with E-state index in [0.717, 1.165) is 25.2 Å². The molecule has 0 bridgehead atoms. The van der Waals surface area contributed by atoms with E-state index in [1.54, 1.807) is 0 Å². The van der Waals surface area contributed by atoms with Crippen LogP contribution in [-0.4, -0.2) is 36.3 Å². The summed E-state index contributed by atoms with van der Waals surface area (Å²) in [6, 6.07) is 8.18. The lowest BCUT2D eigenvalue weighted by molar-refractivity contribution is -0.134. The SMILES string of the molecule is C[C@@H]1C[C@H](C)CN(C(=O)CCCN2C(=O)CC(C)(C)c3ccccc32)C1. The van der Waals surface area contributed by atoms with Crippen molar-refractivity contribution >= 4 is 17.5 Å². The van der Waals surface area contributed by atoms with Crippen LogP contribution in [0.15, 0.2) is 24.3 Å². The molecule has 142 valence electrons. The van der Waals surface area contributed by atoms with Crippen LogP contribution in [-0.2, 0) is 15.0 Å². The lowest BCUT2D eigenvalue weighted by atomic mass is 9.77. The minimum absolute atomic E-state index is 0.125. The molecule has 0 aliphatic carbocycles. The van der Waals surface area contributed by atoms with Gasteiger partial charge in [-0.3, -0.25) is 9.59 Å². The van der Waals surface area contributed by atoms with Crippen LogP contribution in [0.2, 0.25) is 0 Å². The van der Waals surface area contributed by atoms with Crippen LogP contribution in [0.3, 0.4) is 0 Å². The van der Waals surface area contributed by atoms with Gasteiger partial charge in [0.05, 0.1) is 0 Å². The first-order valence-corrected chi connectivity index (χ1v) is 9.95. The Kier molecular flexibility index (Phi) is 5.40. The Bertz CT molecular complexity index is 672. The van der Waals surface area contributed by atoms with Crippen molar-refractivity contribution in [2.45, 2.75) is 58.8 Å². The Hall–Kier alpha value is -1.84. The number of nitrogens with zero attached hydrogens (tertiary/aromatic N) is 2. The van der Waals surface area contributed by atoms with Crippen LogP contribution in [0.1, 0.15) is 58.9 Å². The molecule has 2 atom stereocenters. The molecule has 4 heteroatoms. The first kappa shape index (κ1) is 18.9. The van der Waals surface area contributed by atoms with Crippen molar-refractivity contribution in [3.05, 3.63) is 29.8 Å². The Balaban J connectivity index is 1.61. The maximum Gasteiger partial charge on any atom is 0.227 e. The number of fused-ring (bicyclic) bond motifs is 1. The van der Waals surface area contributed by atoms with Crippen LogP contribution in [0.25, 0.3) is 0 Å². The molecule has 0 N–H and O–H groups in total. The summed E-state index contributed by atoms with van der Waals surface area (Å²) in [5.41, 5.74) is 2.12. The third kappa shape index (κ3) is 3.94. The van der Waals surface area contributed by atoms with Gasteiger partial charge in [-0.2, -0.15) is 0 Å². The summed E-state index contributed by atoms with van der Waals surface area (Å²) in [6.07, 6.45) is 2.98. The van der Waals surface area contributed by atoms with Crippen molar-refractivity contribution in [1.29, 1.82) is 0 Å². The highest BCUT2D eigenvalue weighted by Crippen LogP contribution is 2.40. The van der Waals surface area contributed by atoms with Gasteiger partial charge in [0.2, 0.25) is 11.8 Å². The van der Waals surface area contributed by atoms with Crippen LogP contribution < -0.4 is 4.90 Å². The number of hydrogen-bond donors (Lipinski definition) is 0. The highest BCUT2D eigenvalue weighted by atomic mass is 16.2. The molecule has 26 heavy (non-hydrogen) atoms. The second kappa shape index (κ2) is 7.42. The average Bonchev–Trinajstić information content (AvgIpc) is 2.56. The molecule has 2 aliphatic rings. The number of likely N-dealkylation sites (tertiary alicyclic amines) is 1. The lowest BCUT2D eigenvalue weighted by Gasteiger charge is -2.39. The zero-order valence-corrected chi connectivity index (χ0v) is 16.6. The van der Waals surface area contributed by atoms with Gasteiger partial charge in [-0.05, 0) is 36.3 Å². The molecule has 0 spiro atoms. The van der Waals surface area contributed by atoms with Crippen LogP contribution in [0, 0.1) is 11.8 Å². The topological polar surface area (TPSA) is 40.6 Å². The van der Waals surface area contributed by atoms with Crippen molar-refractivity contribution in [3.63, 3.8) is 0 Å². The largest absolute Gasteiger partial charge is 0.342 e. The van der Waals surface area contributed by atoms with E-state index >= 15 is 0 Å². The van der Waals surface area contributed by atoms with Gasteiger partial charge in [0.25, 0.3) is 0 Å². The minimum Gasteiger partial charge on any atom is -0.342 e. The molecule has 1 aromatic carbocycles. The second-order valence-corrected chi connectivity index (χ2v) is 8.97. The smallest absolute Gasteiger partial charge is 0.227 e. The van der Waals surface area contributed by atoms with Crippen molar-refractivity contribution in [2.24, 2.45) is 11.8 Å². The number of hydrogen-bond acceptors (Lipinski definition) is 2. The molecule has 2 aliphatic heterocycles. The molecule has 0 unspecified atom stereocenters. The molecular weight excluding hydrogens is 324 g/mol. The van der Waals surface area contributed by atoms with Crippen molar-refractivity contribution in [1.82, 2.24) is 4.90 Å². The summed E-state index contributed by atoms with van der Waals surface area (Å²) < 4.78 is 0. The molecule has 1 aromatic rings. The van der Waals surface area contributed by atoms with Gasteiger partial charge < -0.3 is 9.80 Å². The van der Waals surface area contributed by atoms with Crippen LogP contribution in [0.4, 0.5) is 5.69 Å². The molecule has 0 aromatic heterocycles. The molecular formula is C22H32N2O2. The van der Waals surface area contributed by atoms with Crippen LogP contribution >= 0.6 is 0 Å². The van der Waals surface area contributed by atoms with Gasteiger partial charge in [-0.15, -0.1) is 0 Å². The molecule has 2 amide bonds. The Morgan fingerprint density at radius 2 is 1.81 bits per heavy atom. The number of carbonyl (C=O) groups excluding carboxylic acids is 2. The first-order chi connectivity index (χ1) is 12.3. The normalized spacial score (nSPS) is 25.2. The van der Waals surface area contributed by atoms with Gasteiger partial charge >= 0.3 is 0 Å². The fraction of sp³-hybridized carbons (Fsp3) is 0.636. The molecule has 4 nitrogen and oxygen atoms in total. The number of piperidine rings is 1.